The van der Waals surface area contributed by atoms with Crippen molar-refractivity contribution >= 4 is 15.9 Å². The second kappa shape index (κ2) is 6.20. The average Bonchev–Trinajstić information content (AvgIpc) is 2.80. The van der Waals surface area contributed by atoms with E-state index >= 15 is 0 Å². The first kappa shape index (κ1) is 16.4. The summed E-state index contributed by atoms with van der Waals surface area (Å²) in [6.07, 6.45) is 3.03. The van der Waals surface area contributed by atoms with Gasteiger partial charge in [-0.05, 0) is 25.3 Å². The van der Waals surface area contributed by atoms with E-state index in [2.05, 4.69) is 9.82 Å². The highest BCUT2D eigenvalue weighted by atomic mass is 32.2. The van der Waals surface area contributed by atoms with Crippen molar-refractivity contribution in [2.45, 2.75) is 44.6 Å². The van der Waals surface area contributed by atoms with Crippen LogP contribution in [0.2, 0.25) is 0 Å². The maximum Gasteiger partial charge on any atom is 0.226 e. The number of fused-ring (bicyclic) bond motifs is 1. The molecule has 0 radical (unpaired) electrons. The third kappa shape index (κ3) is 3.72. The van der Waals surface area contributed by atoms with Gasteiger partial charge in [-0.25, -0.2) is 17.5 Å². The Kier molecular flexibility index (Phi) is 4.41. The number of halogens is 1. The predicted molar refractivity (Wildman–Crippen MR) is 81.6 cm³/mol. The molecule has 1 atom stereocenters. The number of aryl methyl sites for hydroxylation is 1. The van der Waals surface area contributed by atoms with Crippen molar-refractivity contribution in [2.24, 2.45) is 5.92 Å². The standard InChI is InChI=1S/C14H21FN4O3S/c1-23(21,22)17-8-12-3-5-19-13(2-4-16-19)9-18(12)14(20)10-6-11(15)7-10/h2,4,10-12,17H,3,5-9H2,1H3/t10?,11?,12-/m1/s1. The number of rotatable bonds is 4. The molecule has 7 nitrogen and oxygen atoms in total. The minimum atomic E-state index is -3.33. The molecule has 2 aliphatic rings. The number of sulfonamides is 1. The van der Waals surface area contributed by atoms with Crippen LogP contribution in [0.25, 0.3) is 0 Å². The number of alkyl halides is 1. The van der Waals surface area contributed by atoms with Crippen LogP contribution in [-0.2, 0) is 27.9 Å². The van der Waals surface area contributed by atoms with E-state index in [1.165, 1.54) is 0 Å². The van der Waals surface area contributed by atoms with Crippen molar-refractivity contribution in [1.29, 1.82) is 0 Å². The van der Waals surface area contributed by atoms with Gasteiger partial charge in [0.25, 0.3) is 0 Å². The van der Waals surface area contributed by atoms with Gasteiger partial charge >= 0.3 is 0 Å². The van der Waals surface area contributed by atoms with Gasteiger partial charge in [-0.2, -0.15) is 5.10 Å². The van der Waals surface area contributed by atoms with Crippen LogP contribution in [0.15, 0.2) is 12.3 Å². The van der Waals surface area contributed by atoms with Gasteiger partial charge < -0.3 is 4.90 Å². The number of nitrogens with one attached hydrogen (secondary N) is 1. The number of hydrogen-bond acceptors (Lipinski definition) is 4. The smallest absolute Gasteiger partial charge is 0.226 e. The van der Waals surface area contributed by atoms with E-state index in [0.29, 0.717) is 19.5 Å². The minimum Gasteiger partial charge on any atom is -0.332 e. The normalized spacial score (nSPS) is 27.9. The molecular formula is C14H21FN4O3S. The van der Waals surface area contributed by atoms with Gasteiger partial charge in [-0.1, -0.05) is 0 Å². The van der Waals surface area contributed by atoms with Crippen molar-refractivity contribution in [3.05, 3.63) is 18.0 Å². The highest BCUT2D eigenvalue weighted by Gasteiger charge is 2.39. The summed E-state index contributed by atoms with van der Waals surface area (Å²) < 4.78 is 40.1. The maximum absolute atomic E-state index is 13.1. The van der Waals surface area contributed by atoms with Crippen LogP contribution < -0.4 is 4.72 Å². The Labute approximate surface area is 134 Å². The number of carbonyl (C=O) groups is 1. The van der Waals surface area contributed by atoms with E-state index < -0.39 is 16.2 Å². The zero-order valence-electron chi connectivity index (χ0n) is 13.0. The topological polar surface area (TPSA) is 84.3 Å². The summed E-state index contributed by atoms with van der Waals surface area (Å²) >= 11 is 0. The van der Waals surface area contributed by atoms with E-state index in [-0.39, 0.29) is 37.3 Å². The van der Waals surface area contributed by atoms with Crippen molar-refractivity contribution in [3.8, 4) is 0 Å². The molecule has 1 saturated carbocycles. The fraction of sp³-hybridized carbons (Fsp3) is 0.714. The summed E-state index contributed by atoms with van der Waals surface area (Å²) in [5, 5.41) is 4.22. The molecule has 1 aliphatic heterocycles. The summed E-state index contributed by atoms with van der Waals surface area (Å²) in [5.74, 6) is -0.381. The largest absolute Gasteiger partial charge is 0.332 e. The molecule has 0 aromatic carbocycles. The van der Waals surface area contributed by atoms with Gasteiger partial charge in [-0.15, -0.1) is 0 Å². The van der Waals surface area contributed by atoms with Gasteiger partial charge in [0.1, 0.15) is 6.17 Å². The molecule has 23 heavy (non-hydrogen) atoms. The molecule has 1 aromatic rings. The molecule has 9 heteroatoms. The van der Waals surface area contributed by atoms with Crippen molar-refractivity contribution in [2.75, 3.05) is 12.8 Å². The molecule has 0 bridgehead atoms. The van der Waals surface area contributed by atoms with Crippen LogP contribution in [-0.4, -0.2) is 54.0 Å². The van der Waals surface area contributed by atoms with E-state index in [0.717, 1.165) is 11.9 Å². The summed E-state index contributed by atoms with van der Waals surface area (Å²) in [6.45, 7) is 1.17. The van der Waals surface area contributed by atoms with Gasteiger partial charge in [0, 0.05) is 31.2 Å². The Morgan fingerprint density at radius 3 is 2.87 bits per heavy atom. The number of hydrogen-bond donors (Lipinski definition) is 1. The fourth-order valence-corrected chi connectivity index (χ4v) is 3.62. The maximum atomic E-state index is 13.1. The van der Waals surface area contributed by atoms with E-state index in [9.17, 15) is 17.6 Å². The van der Waals surface area contributed by atoms with Crippen LogP contribution >= 0.6 is 0 Å². The van der Waals surface area contributed by atoms with Gasteiger partial charge in [0.15, 0.2) is 0 Å². The lowest BCUT2D eigenvalue weighted by molar-refractivity contribution is -0.143. The van der Waals surface area contributed by atoms with Crippen LogP contribution in [0.3, 0.4) is 0 Å². The SMILES string of the molecule is CS(=O)(=O)NC[C@H]1CCn2nccc2CN1C(=O)C1CC(F)C1. The lowest BCUT2D eigenvalue weighted by Gasteiger charge is -2.37. The van der Waals surface area contributed by atoms with Crippen LogP contribution in [0.5, 0.6) is 0 Å². The van der Waals surface area contributed by atoms with Crippen LogP contribution in [0.1, 0.15) is 25.0 Å². The molecule has 1 fully saturated rings. The lowest BCUT2D eigenvalue weighted by Crippen LogP contribution is -2.50. The average molecular weight is 344 g/mol. The molecular weight excluding hydrogens is 323 g/mol. The Morgan fingerprint density at radius 2 is 2.22 bits per heavy atom. The molecule has 0 spiro atoms. The summed E-state index contributed by atoms with van der Waals surface area (Å²) in [5.41, 5.74) is 0.913. The number of carbonyl (C=O) groups excluding carboxylic acids is 1. The Morgan fingerprint density at radius 1 is 1.48 bits per heavy atom. The highest BCUT2D eigenvalue weighted by Crippen LogP contribution is 2.33. The number of aromatic nitrogens is 2. The second-order valence-electron chi connectivity index (χ2n) is 6.34. The molecule has 1 aromatic heterocycles. The highest BCUT2D eigenvalue weighted by molar-refractivity contribution is 7.88. The number of amides is 1. The second-order valence-corrected chi connectivity index (χ2v) is 8.17. The lowest BCUT2D eigenvalue weighted by atomic mass is 9.82. The van der Waals surface area contributed by atoms with Crippen LogP contribution in [0.4, 0.5) is 4.39 Å². The molecule has 1 N–H and O–H groups in total. The van der Waals surface area contributed by atoms with Crippen LogP contribution in [0, 0.1) is 5.92 Å². The third-order valence-corrected chi connectivity index (χ3v) is 5.24. The van der Waals surface area contributed by atoms with Gasteiger partial charge in [-0.3, -0.25) is 9.48 Å². The van der Waals surface area contributed by atoms with Gasteiger partial charge in [0.05, 0.1) is 18.5 Å². The summed E-state index contributed by atoms with van der Waals surface area (Å²) in [4.78, 5) is 14.4. The van der Waals surface area contributed by atoms with Crippen molar-refractivity contribution in [1.82, 2.24) is 19.4 Å². The molecule has 0 saturated heterocycles. The molecule has 3 rings (SSSR count). The van der Waals surface area contributed by atoms with Gasteiger partial charge in [0.2, 0.25) is 15.9 Å². The zero-order chi connectivity index (χ0) is 16.6. The zero-order valence-corrected chi connectivity index (χ0v) is 13.8. The Bertz CT molecular complexity index is 684. The summed E-state index contributed by atoms with van der Waals surface area (Å²) in [7, 11) is -3.33. The third-order valence-electron chi connectivity index (χ3n) is 4.55. The molecule has 1 amide bonds. The molecule has 2 heterocycles. The van der Waals surface area contributed by atoms with E-state index in [1.54, 1.807) is 11.1 Å². The summed E-state index contributed by atoms with van der Waals surface area (Å²) in [6, 6.07) is 1.60. The molecule has 128 valence electrons. The number of nitrogens with zero attached hydrogens (tertiary/aromatic N) is 3. The predicted octanol–water partition coefficient (Wildman–Crippen LogP) is 0.281. The minimum absolute atomic E-state index is 0.0890. The first-order valence-electron chi connectivity index (χ1n) is 7.73. The fourth-order valence-electron chi connectivity index (χ4n) is 3.13. The Balaban J connectivity index is 1.77. The monoisotopic (exact) mass is 344 g/mol. The Hall–Kier alpha value is -1.48. The van der Waals surface area contributed by atoms with E-state index in [4.69, 9.17) is 0 Å². The first-order chi connectivity index (χ1) is 10.8. The van der Waals surface area contributed by atoms with Crippen molar-refractivity contribution in [3.63, 3.8) is 0 Å². The van der Waals surface area contributed by atoms with E-state index in [1.807, 2.05) is 10.7 Å². The molecule has 1 aliphatic carbocycles. The molecule has 0 unspecified atom stereocenters. The quantitative estimate of drug-likeness (QED) is 0.850. The van der Waals surface area contributed by atoms with Crippen molar-refractivity contribution < 1.29 is 17.6 Å². The first-order valence-corrected chi connectivity index (χ1v) is 9.62.